The predicted octanol–water partition coefficient (Wildman–Crippen LogP) is 8.92. The normalized spacial score (nSPS) is 31.9. The van der Waals surface area contributed by atoms with Crippen LogP contribution in [0.4, 0.5) is 9.59 Å². The molecule has 0 aromatic rings. The Balaban J connectivity index is 0.783. The molecule has 0 bridgehead atoms. The number of carbonyl (C=O) groups is 6. The van der Waals surface area contributed by atoms with Gasteiger partial charge in [0.2, 0.25) is 0 Å². The number of hydrogen-bond acceptors (Lipinski definition) is 15. The van der Waals surface area contributed by atoms with E-state index in [9.17, 15) is 28.8 Å². The Morgan fingerprint density at radius 3 is 1.33 bits per heavy atom. The molecule has 2 heterocycles. The summed E-state index contributed by atoms with van der Waals surface area (Å²) in [5.74, 6) is 0.282. The van der Waals surface area contributed by atoms with Crippen molar-refractivity contribution in [2.24, 2.45) is 59.2 Å². The molecule has 16 atom stereocenters. The zero-order chi connectivity index (χ0) is 54.0. The van der Waals surface area contributed by atoms with E-state index in [4.69, 9.17) is 42.6 Å². The van der Waals surface area contributed by atoms with Crippen molar-refractivity contribution in [3.8, 4) is 0 Å². The number of esters is 4. The lowest BCUT2D eigenvalue weighted by Crippen LogP contribution is -2.42. The molecule has 4 aliphatic carbocycles. The zero-order valence-corrected chi connectivity index (χ0v) is 46.0. The second-order valence-electron chi connectivity index (χ2n) is 22.1. The van der Waals surface area contributed by atoms with Gasteiger partial charge in [-0.2, -0.15) is 0 Å². The molecule has 0 saturated carbocycles. The molecule has 2 saturated heterocycles. The highest BCUT2D eigenvalue weighted by molar-refractivity contribution is 5.74. The van der Waals surface area contributed by atoms with Crippen molar-refractivity contribution in [1.82, 2.24) is 10.6 Å². The highest BCUT2D eigenvalue weighted by atomic mass is 16.6. The van der Waals surface area contributed by atoms with Crippen LogP contribution in [0.2, 0.25) is 0 Å². The standard InChI is InChI=1S/C58H88N2O15/c1-9-37(5)55(63)74-49-29-35(3)27-41-13-11-39(7)47(53(41)49)17-15-43-31-45(33-51(61)70-43)72-57(65)59-19-21-67-23-25-69-26-24-68-22-20-60-58(66)73-46-32-44(71-52(62)34-46)16-18-48-40(8)12-14-42-28-36(4)30-50(54(42)48)75-56(64)38(6)10-2/h11-14,27-28,35-40,43-50,53-54H,9-10,15-26,29-34H2,1-8H3,(H,59,65)(H,60,66). The van der Waals surface area contributed by atoms with Crippen LogP contribution < -0.4 is 10.6 Å². The largest absolute Gasteiger partial charge is 0.462 e. The van der Waals surface area contributed by atoms with E-state index in [-0.39, 0.29) is 123 Å². The summed E-state index contributed by atoms with van der Waals surface area (Å²) in [7, 11) is 0. The fourth-order valence-corrected chi connectivity index (χ4v) is 11.7. The van der Waals surface area contributed by atoms with Crippen LogP contribution >= 0.6 is 0 Å². The van der Waals surface area contributed by atoms with Crippen LogP contribution in [-0.4, -0.2) is 125 Å². The molecule has 17 nitrogen and oxygen atoms in total. The fourth-order valence-electron chi connectivity index (χ4n) is 11.7. The molecule has 2 N–H and O–H groups in total. The van der Waals surface area contributed by atoms with Gasteiger partial charge < -0.3 is 53.3 Å². The van der Waals surface area contributed by atoms with Gasteiger partial charge in [-0.15, -0.1) is 0 Å². The van der Waals surface area contributed by atoms with Crippen molar-refractivity contribution in [2.75, 3.05) is 52.7 Å². The quantitative estimate of drug-likeness (QED) is 0.0471. The van der Waals surface area contributed by atoms with E-state index in [0.717, 1.165) is 38.5 Å². The minimum absolute atomic E-state index is 0.00373. The van der Waals surface area contributed by atoms with Gasteiger partial charge in [-0.3, -0.25) is 19.2 Å². The fraction of sp³-hybridized carbons (Fsp3) is 0.759. The summed E-state index contributed by atoms with van der Waals surface area (Å²) >= 11 is 0. The number of nitrogens with one attached hydrogen (secondary N) is 2. The lowest BCUT2D eigenvalue weighted by Gasteiger charge is -2.43. The van der Waals surface area contributed by atoms with Crippen molar-refractivity contribution in [3.63, 3.8) is 0 Å². The Bertz CT molecular complexity index is 1900. The summed E-state index contributed by atoms with van der Waals surface area (Å²) in [5, 5.41) is 5.38. The first-order chi connectivity index (χ1) is 36.0. The molecule has 75 heavy (non-hydrogen) atoms. The molecule has 16 unspecified atom stereocenters. The number of cyclic esters (lactones) is 2. The molecule has 0 spiro atoms. The maximum atomic E-state index is 12.9. The molecule has 0 radical (unpaired) electrons. The van der Waals surface area contributed by atoms with Gasteiger partial charge in [0.15, 0.2) is 0 Å². The minimum Gasteiger partial charge on any atom is -0.462 e. The van der Waals surface area contributed by atoms with Crippen molar-refractivity contribution in [2.45, 2.75) is 169 Å². The van der Waals surface area contributed by atoms with Gasteiger partial charge in [0.1, 0.15) is 36.6 Å². The van der Waals surface area contributed by atoms with E-state index in [1.165, 1.54) is 11.1 Å². The number of alkyl carbamates (subject to hydrolysis) is 2. The molecular formula is C58H88N2O15. The van der Waals surface area contributed by atoms with Crippen LogP contribution in [-0.2, 0) is 61.8 Å². The van der Waals surface area contributed by atoms with Gasteiger partial charge >= 0.3 is 36.1 Å². The molecule has 0 aromatic carbocycles. The first-order valence-electron chi connectivity index (χ1n) is 28.2. The first kappa shape index (κ1) is 59.5. The van der Waals surface area contributed by atoms with Crippen LogP contribution in [0.3, 0.4) is 0 Å². The topological polar surface area (TPSA) is 210 Å². The summed E-state index contributed by atoms with van der Waals surface area (Å²) in [6.45, 7) is 18.6. The smallest absolute Gasteiger partial charge is 0.407 e. The lowest BCUT2D eigenvalue weighted by atomic mass is 9.65. The van der Waals surface area contributed by atoms with E-state index in [2.05, 4.69) is 74.8 Å². The monoisotopic (exact) mass is 1050 g/mol. The number of allylic oxidation sites excluding steroid dienone is 6. The molecule has 420 valence electrons. The number of ether oxygens (including phenoxy) is 9. The van der Waals surface area contributed by atoms with Gasteiger partial charge in [-0.25, -0.2) is 9.59 Å². The first-order valence-corrected chi connectivity index (χ1v) is 28.2. The molecule has 2 aliphatic heterocycles. The van der Waals surface area contributed by atoms with Crippen molar-refractivity contribution < 1.29 is 71.4 Å². The average Bonchev–Trinajstić information content (AvgIpc) is 3.36. The minimum atomic E-state index is -0.624. The van der Waals surface area contributed by atoms with Crippen LogP contribution in [0.5, 0.6) is 0 Å². The molecule has 6 aliphatic rings. The van der Waals surface area contributed by atoms with Crippen LogP contribution in [0.25, 0.3) is 0 Å². The van der Waals surface area contributed by atoms with Gasteiger partial charge in [-0.05, 0) is 98.0 Å². The van der Waals surface area contributed by atoms with E-state index in [0.29, 0.717) is 63.9 Å². The van der Waals surface area contributed by atoms with E-state index < -0.39 is 36.3 Å². The number of amides is 2. The summed E-state index contributed by atoms with van der Waals surface area (Å²) in [6, 6.07) is 0. The zero-order valence-electron chi connectivity index (χ0n) is 46.0. The number of fused-ring (bicyclic) bond motifs is 2. The van der Waals surface area contributed by atoms with Crippen molar-refractivity contribution >= 4 is 36.1 Å². The Labute approximate surface area is 445 Å². The summed E-state index contributed by atoms with van der Waals surface area (Å²) in [4.78, 5) is 76.3. The van der Waals surface area contributed by atoms with E-state index >= 15 is 0 Å². The summed E-state index contributed by atoms with van der Waals surface area (Å²) in [5.41, 5.74) is 2.42. The van der Waals surface area contributed by atoms with Crippen LogP contribution in [0.1, 0.15) is 132 Å². The lowest BCUT2D eigenvalue weighted by molar-refractivity contribution is -0.162. The Hall–Kier alpha value is -4.74. The molecule has 6 rings (SSSR count). The highest BCUT2D eigenvalue weighted by Gasteiger charge is 2.44. The van der Waals surface area contributed by atoms with E-state index in [1.807, 2.05) is 27.7 Å². The highest BCUT2D eigenvalue weighted by Crippen LogP contribution is 2.47. The molecule has 2 fully saturated rings. The maximum absolute atomic E-state index is 12.9. The van der Waals surface area contributed by atoms with Gasteiger partial charge in [-0.1, -0.05) is 91.8 Å². The Morgan fingerprint density at radius 2 is 0.947 bits per heavy atom. The van der Waals surface area contributed by atoms with Crippen molar-refractivity contribution in [1.29, 1.82) is 0 Å². The third kappa shape index (κ3) is 18.2. The molecule has 17 heteroatoms. The third-order valence-corrected chi connectivity index (χ3v) is 16.2. The van der Waals surface area contributed by atoms with E-state index in [1.54, 1.807) is 0 Å². The average molecular weight is 1050 g/mol. The molecular weight excluding hydrogens is 965 g/mol. The second kappa shape index (κ2) is 29.7. The molecule has 0 aromatic heterocycles. The predicted molar refractivity (Wildman–Crippen MR) is 279 cm³/mol. The number of carbonyl (C=O) groups excluding carboxylic acids is 6. The summed E-state index contributed by atoms with van der Waals surface area (Å²) < 4.78 is 51.8. The van der Waals surface area contributed by atoms with Gasteiger partial charge in [0.25, 0.3) is 0 Å². The van der Waals surface area contributed by atoms with Gasteiger partial charge in [0, 0.05) is 37.8 Å². The third-order valence-electron chi connectivity index (χ3n) is 16.2. The second-order valence-corrected chi connectivity index (χ2v) is 22.1. The Morgan fingerprint density at radius 1 is 0.560 bits per heavy atom. The summed E-state index contributed by atoms with van der Waals surface area (Å²) in [6.07, 6.45) is 16.4. The van der Waals surface area contributed by atoms with Crippen LogP contribution in [0.15, 0.2) is 47.6 Å². The molecule has 2 amide bonds. The van der Waals surface area contributed by atoms with Crippen molar-refractivity contribution in [3.05, 3.63) is 47.6 Å². The maximum Gasteiger partial charge on any atom is 0.407 e. The van der Waals surface area contributed by atoms with Gasteiger partial charge in [0.05, 0.1) is 64.3 Å². The SMILES string of the molecule is CCC(C)C(=O)OC1CC(C)C=C2C=CC(C)C(CCC3CC(OC(=O)NCCOCCOCCOCCNC(=O)OC4CC(=O)OC(CCC5C(C)C=CC6=CC(C)CC(OC(=O)C(C)CC)C65)C4)CC(=O)O3)C21. The number of hydrogen-bond donors (Lipinski definition) is 2. The Kier molecular flexibility index (Phi) is 23.6. The van der Waals surface area contributed by atoms with Crippen LogP contribution in [0, 0.1) is 59.2 Å². The number of rotatable bonds is 26.